The largest absolute Gasteiger partial charge is 0.392 e. The van der Waals surface area contributed by atoms with E-state index in [9.17, 15) is 13.9 Å². The topological polar surface area (TPSA) is 55.9 Å². The average Bonchev–Trinajstić information content (AvgIpc) is 2.86. The van der Waals surface area contributed by atoms with E-state index in [1.807, 2.05) is 0 Å². The Morgan fingerprint density at radius 1 is 1.39 bits per heavy atom. The van der Waals surface area contributed by atoms with Crippen molar-refractivity contribution < 1.29 is 13.9 Å². The van der Waals surface area contributed by atoms with Crippen LogP contribution in [0.1, 0.15) is 29.3 Å². The predicted octanol–water partition coefficient (Wildman–Crippen LogP) is 1.63. The van der Waals surface area contributed by atoms with Gasteiger partial charge in [-0.25, -0.2) is 4.98 Å². The van der Waals surface area contributed by atoms with E-state index >= 15 is 0 Å². The summed E-state index contributed by atoms with van der Waals surface area (Å²) < 4.78 is 27.7. The number of aromatic nitrogens is 4. The summed E-state index contributed by atoms with van der Waals surface area (Å²) >= 11 is 0. The summed E-state index contributed by atoms with van der Waals surface area (Å²) in [7, 11) is 0. The van der Waals surface area contributed by atoms with Crippen molar-refractivity contribution in [2.75, 3.05) is 0 Å². The molecule has 0 saturated heterocycles. The number of alkyl halides is 2. The van der Waals surface area contributed by atoms with Gasteiger partial charge in [-0.15, -0.1) is 0 Å². The maximum absolute atomic E-state index is 12.7. The minimum absolute atomic E-state index is 0.110. The second kappa shape index (κ2) is 4.85. The minimum Gasteiger partial charge on any atom is -0.392 e. The summed E-state index contributed by atoms with van der Waals surface area (Å²) in [4.78, 5) is 3.90. The molecule has 2 aromatic heterocycles. The molecule has 2 aromatic rings. The Hall–Kier alpha value is -1.76. The van der Waals surface area contributed by atoms with Crippen molar-refractivity contribution in [1.82, 2.24) is 19.3 Å². The second-order valence-corrected chi connectivity index (χ2v) is 3.99. The van der Waals surface area contributed by atoms with Gasteiger partial charge in [0.15, 0.2) is 0 Å². The maximum Gasteiger partial charge on any atom is 0.319 e. The Kier molecular flexibility index (Phi) is 3.42. The lowest BCUT2D eigenvalue weighted by Crippen LogP contribution is -2.11. The van der Waals surface area contributed by atoms with Gasteiger partial charge in [-0.2, -0.15) is 13.9 Å². The van der Waals surface area contributed by atoms with E-state index in [0.717, 1.165) is 15.8 Å². The quantitative estimate of drug-likeness (QED) is 0.904. The lowest BCUT2D eigenvalue weighted by Gasteiger charge is -2.08. The molecular weight excluding hydrogens is 242 g/mol. The normalized spacial score (nSPS) is 11.4. The molecule has 1 N–H and O–H groups in total. The number of rotatable bonds is 4. The van der Waals surface area contributed by atoms with E-state index in [-0.39, 0.29) is 19.0 Å². The van der Waals surface area contributed by atoms with Crippen LogP contribution in [0.5, 0.6) is 0 Å². The number of imidazole rings is 1. The van der Waals surface area contributed by atoms with Gasteiger partial charge in [-0.05, 0) is 13.8 Å². The van der Waals surface area contributed by atoms with Gasteiger partial charge < -0.3 is 5.11 Å². The number of aryl methyl sites for hydroxylation is 1. The first kappa shape index (κ1) is 12.7. The van der Waals surface area contributed by atoms with Crippen LogP contribution in [-0.2, 0) is 13.2 Å². The smallest absolute Gasteiger partial charge is 0.319 e. The van der Waals surface area contributed by atoms with Gasteiger partial charge in [-0.3, -0.25) is 9.25 Å². The number of halogens is 2. The minimum atomic E-state index is -2.61. The van der Waals surface area contributed by atoms with E-state index in [1.54, 1.807) is 18.5 Å². The number of aliphatic hydroxyl groups excluding tert-OH is 1. The molecule has 0 fully saturated rings. The molecule has 0 bridgehead atoms. The third-order valence-electron chi connectivity index (χ3n) is 2.94. The van der Waals surface area contributed by atoms with Crippen LogP contribution in [-0.4, -0.2) is 24.4 Å². The van der Waals surface area contributed by atoms with Crippen molar-refractivity contribution in [2.45, 2.75) is 33.5 Å². The highest BCUT2D eigenvalue weighted by atomic mass is 19.3. The van der Waals surface area contributed by atoms with Gasteiger partial charge in [0.05, 0.1) is 18.8 Å². The highest BCUT2D eigenvalue weighted by Gasteiger charge is 2.15. The number of hydrogen-bond acceptors (Lipinski definition) is 3. The van der Waals surface area contributed by atoms with Gasteiger partial charge in [0.1, 0.15) is 5.82 Å². The van der Waals surface area contributed by atoms with Crippen LogP contribution >= 0.6 is 0 Å². The first-order valence-corrected chi connectivity index (χ1v) is 5.48. The number of aliphatic hydroxyl groups is 1. The summed E-state index contributed by atoms with van der Waals surface area (Å²) in [6, 6.07) is 0. The Balaban J connectivity index is 2.32. The van der Waals surface area contributed by atoms with E-state index in [0.29, 0.717) is 5.69 Å². The SMILES string of the molecule is Cc1nn(Cc2nccn2C(F)F)c(C)c1CO. The monoisotopic (exact) mass is 256 g/mol. The van der Waals surface area contributed by atoms with Crippen molar-refractivity contribution in [3.63, 3.8) is 0 Å². The van der Waals surface area contributed by atoms with Crippen molar-refractivity contribution in [3.05, 3.63) is 35.2 Å². The average molecular weight is 256 g/mol. The van der Waals surface area contributed by atoms with Crippen LogP contribution in [0.2, 0.25) is 0 Å². The van der Waals surface area contributed by atoms with Gasteiger partial charge >= 0.3 is 6.55 Å². The second-order valence-electron chi connectivity index (χ2n) is 3.99. The molecule has 0 spiro atoms. The molecule has 0 aliphatic heterocycles. The van der Waals surface area contributed by atoms with Crippen LogP contribution in [0.15, 0.2) is 12.4 Å². The first-order chi connectivity index (χ1) is 8.54. The number of hydrogen-bond donors (Lipinski definition) is 1. The fourth-order valence-electron chi connectivity index (χ4n) is 1.89. The lowest BCUT2D eigenvalue weighted by atomic mass is 10.2. The van der Waals surface area contributed by atoms with Crippen molar-refractivity contribution >= 4 is 0 Å². The number of nitrogens with zero attached hydrogens (tertiary/aromatic N) is 4. The lowest BCUT2D eigenvalue weighted by molar-refractivity contribution is 0.0665. The molecule has 0 aliphatic carbocycles. The van der Waals surface area contributed by atoms with Crippen LogP contribution in [0.4, 0.5) is 8.78 Å². The third-order valence-corrected chi connectivity index (χ3v) is 2.94. The zero-order chi connectivity index (χ0) is 13.3. The molecule has 7 heteroatoms. The standard InChI is InChI=1S/C11H14F2N4O/c1-7-9(6-18)8(2)17(15-7)5-10-14-3-4-16(10)11(12)13/h3-4,11,18H,5-6H2,1-2H3. The molecule has 0 aliphatic rings. The fraction of sp³-hybridized carbons (Fsp3) is 0.455. The molecule has 2 rings (SSSR count). The zero-order valence-corrected chi connectivity index (χ0v) is 10.1. The molecule has 5 nitrogen and oxygen atoms in total. The Morgan fingerprint density at radius 3 is 2.67 bits per heavy atom. The zero-order valence-electron chi connectivity index (χ0n) is 10.1. The predicted molar refractivity (Wildman–Crippen MR) is 60.2 cm³/mol. The van der Waals surface area contributed by atoms with E-state index in [2.05, 4.69) is 10.1 Å². The summed E-state index contributed by atoms with van der Waals surface area (Å²) in [5, 5.41) is 13.4. The van der Waals surface area contributed by atoms with Crippen molar-refractivity contribution in [3.8, 4) is 0 Å². The van der Waals surface area contributed by atoms with Crippen molar-refractivity contribution in [1.29, 1.82) is 0 Å². The van der Waals surface area contributed by atoms with Gasteiger partial charge in [0, 0.05) is 23.7 Å². The van der Waals surface area contributed by atoms with E-state index in [4.69, 9.17) is 0 Å². The molecular formula is C11H14F2N4O. The Labute approximate surface area is 103 Å². The summed E-state index contributed by atoms with van der Waals surface area (Å²) in [6.45, 7) is 0.998. The summed E-state index contributed by atoms with van der Waals surface area (Å²) in [6.07, 6.45) is 2.57. The molecule has 18 heavy (non-hydrogen) atoms. The molecule has 2 heterocycles. The van der Waals surface area contributed by atoms with Gasteiger partial charge in [-0.1, -0.05) is 0 Å². The van der Waals surface area contributed by atoms with Gasteiger partial charge in [0.25, 0.3) is 0 Å². The van der Waals surface area contributed by atoms with Crippen molar-refractivity contribution in [2.24, 2.45) is 0 Å². The highest BCUT2D eigenvalue weighted by molar-refractivity contribution is 5.23. The van der Waals surface area contributed by atoms with Crippen LogP contribution in [0.3, 0.4) is 0 Å². The van der Waals surface area contributed by atoms with E-state index < -0.39 is 6.55 Å². The Bertz CT molecular complexity index is 547. The summed E-state index contributed by atoms with van der Waals surface area (Å²) in [5.41, 5.74) is 2.19. The van der Waals surface area contributed by atoms with Crippen LogP contribution in [0, 0.1) is 13.8 Å². The highest BCUT2D eigenvalue weighted by Crippen LogP contribution is 2.17. The molecule has 0 radical (unpaired) electrons. The molecule has 98 valence electrons. The molecule has 0 atom stereocenters. The van der Waals surface area contributed by atoms with E-state index in [1.165, 1.54) is 12.4 Å². The molecule has 0 aromatic carbocycles. The Morgan fingerprint density at radius 2 is 2.11 bits per heavy atom. The first-order valence-electron chi connectivity index (χ1n) is 5.48. The molecule has 0 saturated carbocycles. The summed E-state index contributed by atoms with van der Waals surface area (Å²) in [5.74, 6) is 0.236. The molecule has 0 unspecified atom stereocenters. The van der Waals surface area contributed by atoms with Crippen LogP contribution in [0.25, 0.3) is 0 Å². The van der Waals surface area contributed by atoms with Crippen LogP contribution < -0.4 is 0 Å². The third kappa shape index (κ3) is 2.13. The fourth-order valence-corrected chi connectivity index (χ4v) is 1.89. The molecule has 0 amide bonds. The van der Waals surface area contributed by atoms with Gasteiger partial charge in [0.2, 0.25) is 0 Å². The maximum atomic E-state index is 12.7.